The summed E-state index contributed by atoms with van der Waals surface area (Å²) in [6, 6.07) is 12.9. The minimum atomic E-state index is -1.09. The molecule has 2 aromatic carbocycles. The van der Waals surface area contributed by atoms with Crippen molar-refractivity contribution in [1.82, 2.24) is 4.90 Å². The summed E-state index contributed by atoms with van der Waals surface area (Å²) in [4.78, 5) is 25.1. The van der Waals surface area contributed by atoms with Gasteiger partial charge in [0.2, 0.25) is 0 Å². The summed E-state index contributed by atoms with van der Waals surface area (Å²) in [5.74, 6) is -1.32. The first kappa shape index (κ1) is 17.0. The highest BCUT2D eigenvalue weighted by Gasteiger charge is 2.33. The number of aliphatic carboxylic acids is 1. The highest BCUT2D eigenvalue weighted by molar-refractivity contribution is 5.95. The van der Waals surface area contributed by atoms with Crippen LogP contribution in [0.5, 0.6) is 5.75 Å². The number of carboxylic acids is 1. The first-order valence-corrected chi connectivity index (χ1v) is 8.03. The highest BCUT2D eigenvalue weighted by atomic mass is 19.1. The Morgan fingerprint density at radius 1 is 1.16 bits per heavy atom. The van der Waals surface area contributed by atoms with Crippen LogP contribution in [0.4, 0.5) is 4.39 Å². The van der Waals surface area contributed by atoms with Crippen molar-refractivity contribution in [2.24, 2.45) is 0 Å². The van der Waals surface area contributed by atoms with Gasteiger partial charge in [-0.3, -0.25) is 4.79 Å². The maximum absolute atomic E-state index is 13.9. The third kappa shape index (κ3) is 4.35. The van der Waals surface area contributed by atoms with Crippen molar-refractivity contribution in [1.29, 1.82) is 0 Å². The Balaban J connectivity index is 1.78. The third-order valence-corrected chi connectivity index (χ3v) is 3.99. The first-order valence-electron chi connectivity index (χ1n) is 8.03. The van der Waals surface area contributed by atoms with Gasteiger partial charge in [0, 0.05) is 23.7 Å². The van der Waals surface area contributed by atoms with Crippen molar-refractivity contribution in [3.63, 3.8) is 0 Å². The fraction of sp³-hybridized carbons (Fsp3) is 0.263. The molecule has 0 aromatic heterocycles. The molecule has 0 bridgehead atoms. The van der Waals surface area contributed by atoms with Gasteiger partial charge in [-0.2, -0.15) is 0 Å². The van der Waals surface area contributed by atoms with Crippen molar-refractivity contribution < 1.29 is 23.8 Å². The number of hydrogen-bond donors (Lipinski definition) is 1. The SMILES string of the molecule is O=C(O)COc1cccc(C(=O)N(Cc2ccccc2F)C2CC2)c1. The summed E-state index contributed by atoms with van der Waals surface area (Å²) in [5.41, 5.74) is 0.868. The largest absolute Gasteiger partial charge is 0.482 e. The Morgan fingerprint density at radius 3 is 2.60 bits per heavy atom. The van der Waals surface area contributed by atoms with Gasteiger partial charge in [0.05, 0.1) is 0 Å². The maximum Gasteiger partial charge on any atom is 0.341 e. The molecule has 5 nitrogen and oxygen atoms in total. The minimum Gasteiger partial charge on any atom is -0.482 e. The molecule has 1 fully saturated rings. The van der Waals surface area contributed by atoms with Crippen LogP contribution in [0.1, 0.15) is 28.8 Å². The second-order valence-corrected chi connectivity index (χ2v) is 5.97. The number of ether oxygens (including phenoxy) is 1. The molecule has 6 heteroatoms. The van der Waals surface area contributed by atoms with Gasteiger partial charge in [-0.15, -0.1) is 0 Å². The number of halogens is 1. The molecule has 0 atom stereocenters. The van der Waals surface area contributed by atoms with Gasteiger partial charge in [-0.25, -0.2) is 9.18 Å². The average Bonchev–Trinajstić information content (AvgIpc) is 3.44. The lowest BCUT2D eigenvalue weighted by Gasteiger charge is -2.23. The van der Waals surface area contributed by atoms with Crippen LogP contribution in [-0.2, 0) is 11.3 Å². The Hall–Kier alpha value is -2.89. The van der Waals surface area contributed by atoms with Gasteiger partial charge in [0.1, 0.15) is 11.6 Å². The second kappa shape index (κ2) is 7.34. The highest BCUT2D eigenvalue weighted by Crippen LogP contribution is 2.30. The van der Waals surface area contributed by atoms with Crippen molar-refractivity contribution >= 4 is 11.9 Å². The van der Waals surface area contributed by atoms with Crippen molar-refractivity contribution in [2.75, 3.05) is 6.61 Å². The van der Waals surface area contributed by atoms with E-state index >= 15 is 0 Å². The van der Waals surface area contributed by atoms with E-state index in [9.17, 15) is 14.0 Å². The fourth-order valence-corrected chi connectivity index (χ4v) is 2.59. The van der Waals surface area contributed by atoms with Crippen molar-refractivity contribution in [2.45, 2.75) is 25.4 Å². The molecule has 130 valence electrons. The molecule has 1 aliphatic rings. The summed E-state index contributed by atoms with van der Waals surface area (Å²) in [7, 11) is 0. The Labute approximate surface area is 144 Å². The van der Waals surface area contributed by atoms with Crippen LogP contribution < -0.4 is 4.74 Å². The predicted molar refractivity (Wildman–Crippen MR) is 88.9 cm³/mol. The smallest absolute Gasteiger partial charge is 0.341 e. The van der Waals surface area contributed by atoms with Crippen LogP contribution in [0.15, 0.2) is 48.5 Å². The molecule has 0 saturated heterocycles. The Bertz CT molecular complexity index is 788. The van der Waals surface area contributed by atoms with Gasteiger partial charge in [0.15, 0.2) is 6.61 Å². The number of amides is 1. The van der Waals surface area contributed by atoms with Crippen LogP contribution in [0.3, 0.4) is 0 Å². The minimum absolute atomic E-state index is 0.107. The molecule has 0 radical (unpaired) electrons. The summed E-state index contributed by atoms with van der Waals surface area (Å²) in [6.07, 6.45) is 1.80. The number of nitrogens with zero attached hydrogens (tertiary/aromatic N) is 1. The molecule has 1 aliphatic carbocycles. The lowest BCUT2D eigenvalue weighted by Crippen LogP contribution is -2.33. The van der Waals surface area contributed by atoms with E-state index in [1.165, 1.54) is 12.1 Å². The zero-order valence-corrected chi connectivity index (χ0v) is 13.5. The van der Waals surface area contributed by atoms with E-state index in [-0.39, 0.29) is 24.3 Å². The quantitative estimate of drug-likeness (QED) is 0.839. The van der Waals surface area contributed by atoms with Crippen LogP contribution >= 0.6 is 0 Å². The molecule has 25 heavy (non-hydrogen) atoms. The van der Waals surface area contributed by atoms with Crippen LogP contribution in [-0.4, -0.2) is 34.5 Å². The molecule has 0 aliphatic heterocycles. The summed E-state index contributed by atoms with van der Waals surface area (Å²) in [5, 5.41) is 8.68. The molecule has 0 unspecified atom stereocenters. The Morgan fingerprint density at radius 2 is 1.92 bits per heavy atom. The molecule has 0 spiro atoms. The average molecular weight is 343 g/mol. The number of carboxylic acid groups (broad SMARTS) is 1. The normalized spacial score (nSPS) is 13.3. The standard InChI is InChI=1S/C19H18FNO4/c20-17-7-2-1-4-14(17)11-21(15-8-9-15)19(24)13-5-3-6-16(10-13)25-12-18(22)23/h1-7,10,15H,8-9,11-12H2,(H,22,23). The van der Waals surface area contributed by atoms with E-state index in [2.05, 4.69) is 0 Å². The fourth-order valence-electron chi connectivity index (χ4n) is 2.59. The lowest BCUT2D eigenvalue weighted by atomic mass is 10.1. The van der Waals surface area contributed by atoms with E-state index in [0.29, 0.717) is 16.9 Å². The topological polar surface area (TPSA) is 66.8 Å². The summed E-state index contributed by atoms with van der Waals surface area (Å²) >= 11 is 0. The van der Waals surface area contributed by atoms with E-state index in [0.717, 1.165) is 12.8 Å². The third-order valence-electron chi connectivity index (χ3n) is 3.99. The summed E-state index contributed by atoms with van der Waals surface area (Å²) < 4.78 is 19.0. The summed E-state index contributed by atoms with van der Waals surface area (Å²) in [6.45, 7) is -0.268. The number of benzene rings is 2. The monoisotopic (exact) mass is 343 g/mol. The molecular weight excluding hydrogens is 325 g/mol. The van der Waals surface area contributed by atoms with Gasteiger partial charge in [-0.1, -0.05) is 24.3 Å². The lowest BCUT2D eigenvalue weighted by molar-refractivity contribution is -0.139. The number of hydrogen-bond acceptors (Lipinski definition) is 3. The van der Waals surface area contributed by atoms with Gasteiger partial charge < -0.3 is 14.7 Å². The zero-order valence-electron chi connectivity index (χ0n) is 13.5. The Kier molecular flexibility index (Phi) is 4.97. The predicted octanol–water partition coefficient (Wildman–Crippen LogP) is 3.09. The molecule has 2 aromatic rings. The van der Waals surface area contributed by atoms with E-state index < -0.39 is 12.6 Å². The van der Waals surface area contributed by atoms with Crippen molar-refractivity contribution in [3.05, 3.63) is 65.5 Å². The molecule has 1 amide bonds. The molecule has 3 rings (SSSR count). The second-order valence-electron chi connectivity index (χ2n) is 5.97. The van der Waals surface area contributed by atoms with Gasteiger partial charge in [-0.05, 0) is 37.1 Å². The van der Waals surface area contributed by atoms with Gasteiger partial charge >= 0.3 is 5.97 Å². The number of rotatable bonds is 7. The van der Waals surface area contributed by atoms with E-state index in [1.807, 2.05) is 0 Å². The van der Waals surface area contributed by atoms with Crippen LogP contribution in [0.25, 0.3) is 0 Å². The molecule has 1 saturated carbocycles. The zero-order chi connectivity index (χ0) is 17.8. The number of carbonyl (C=O) groups is 2. The van der Waals surface area contributed by atoms with Crippen LogP contribution in [0.2, 0.25) is 0 Å². The first-order chi connectivity index (χ1) is 12.0. The maximum atomic E-state index is 13.9. The van der Waals surface area contributed by atoms with E-state index in [4.69, 9.17) is 9.84 Å². The van der Waals surface area contributed by atoms with Gasteiger partial charge in [0.25, 0.3) is 5.91 Å². The number of carbonyl (C=O) groups excluding carboxylic acids is 1. The molecule has 0 heterocycles. The van der Waals surface area contributed by atoms with Crippen molar-refractivity contribution in [3.8, 4) is 5.75 Å². The van der Waals surface area contributed by atoms with Crippen LogP contribution in [0, 0.1) is 5.82 Å². The molecular formula is C19H18FNO4. The molecule has 1 N–H and O–H groups in total. The van der Waals surface area contributed by atoms with E-state index in [1.54, 1.807) is 41.3 Å².